The van der Waals surface area contributed by atoms with Crippen molar-refractivity contribution in [1.82, 2.24) is 4.57 Å². The molecule has 1 unspecified atom stereocenters. The molecule has 0 bridgehead atoms. The highest BCUT2D eigenvalue weighted by Gasteiger charge is 2.39. The smallest absolute Gasteiger partial charge is 0.338 e. The van der Waals surface area contributed by atoms with Gasteiger partial charge in [0.05, 0.1) is 35.3 Å². The zero-order valence-electron chi connectivity index (χ0n) is 23.1. The molecule has 0 spiro atoms. The summed E-state index contributed by atoms with van der Waals surface area (Å²) in [5.41, 5.74) is 10.1. The van der Waals surface area contributed by atoms with Crippen LogP contribution in [0.3, 0.4) is 0 Å². The predicted molar refractivity (Wildman–Crippen MR) is 155 cm³/mol. The van der Waals surface area contributed by atoms with Gasteiger partial charge in [-0.3, -0.25) is 9.36 Å². The third-order valence-electron chi connectivity index (χ3n) is 6.89. The molecule has 204 valence electrons. The number of thiazole rings is 1. The van der Waals surface area contributed by atoms with Gasteiger partial charge in [0.25, 0.3) is 5.56 Å². The maximum absolute atomic E-state index is 13.7. The average molecular weight is 547 g/mol. The molecule has 1 aliphatic rings. The number of rotatable bonds is 7. The number of nitrogens with zero attached hydrogens (tertiary/aromatic N) is 1. The first-order valence-corrected chi connectivity index (χ1v) is 13.8. The van der Waals surface area contributed by atoms with Gasteiger partial charge in [-0.05, 0) is 47.1 Å². The summed E-state index contributed by atoms with van der Waals surface area (Å²) in [6, 6.07) is 15.6. The van der Waals surface area contributed by atoms with Crippen LogP contribution in [-0.2, 0) is 19.1 Å². The van der Waals surface area contributed by atoms with Gasteiger partial charge in [-0.2, -0.15) is 0 Å². The summed E-state index contributed by atoms with van der Waals surface area (Å²) in [7, 11) is 1.25. The van der Waals surface area contributed by atoms with Crippen molar-refractivity contribution in [1.29, 1.82) is 0 Å². The summed E-state index contributed by atoms with van der Waals surface area (Å²) < 4.78 is 12.5. The molecule has 0 amide bonds. The number of aromatic nitrogens is 1. The monoisotopic (exact) mass is 546 g/mol. The molecule has 1 aromatic heterocycles. The van der Waals surface area contributed by atoms with E-state index in [1.165, 1.54) is 17.2 Å². The highest BCUT2D eigenvalue weighted by Crippen LogP contribution is 2.38. The molecule has 2 aromatic carbocycles. The molecule has 39 heavy (non-hydrogen) atoms. The Morgan fingerprint density at radius 1 is 0.949 bits per heavy atom. The van der Waals surface area contributed by atoms with Crippen molar-refractivity contribution in [3.05, 3.63) is 95.9 Å². The number of nitrogens with two attached hydrogens (primary N) is 1. The zero-order chi connectivity index (χ0) is 28.4. The van der Waals surface area contributed by atoms with Crippen LogP contribution in [0.4, 0.5) is 0 Å². The number of hydrogen-bond donors (Lipinski definition) is 1. The number of hydrogen-bond acceptors (Lipinski definition) is 7. The molecule has 8 heteroatoms. The topological polar surface area (TPSA) is 101 Å². The number of carbonyl (C=O) groups is 2. The van der Waals surface area contributed by atoms with E-state index in [9.17, 15) is 14.4 Å². The van der Waals surface area contributed by atoms with Crippen molar-refractivity contribution in [3.8, 4) is 0 Å². The number of benzene rings is 2. The highest BCUT2D eigenvalue weighted by atomic mass is 32.1. The Morgan fingerprint density at radius 2 is 1.51 bits per heavy atom. The lowest BCUT2D eigenvalue weighted by Crippen LogP contribution is -2.41. The van der Waals surface area contributed by atoms with Gasteiger partial charge in [-0.1, -0.05) is 76.2 Å². The largest absolute Gasteiger partial charge is 0.466 e. The van der Waals surface area contributed by atoms with E-state index in [0.29, 0.717) is 26.6 Å². The van der Waals surface area contributed by atoms with Gasteiger partial charge in [0, 0.05) is 0 Å². The van der Waals surface area contributed by atoms with Crippen LogP contribution in [0.25, 0.3) is 17.5 Å². The molecule has 0 aliphatic carbocycles. The van der Waals surface area contributed by atoms with Gasteiger partial charge in [-0.25, -0.2) is 9.59 Å². The van der Waals surface area contributed by atoms with Crippen molar-refractivity contribution < 1.29 is 19.1 Å². The standard InChI is InChI=1S/C31H34N2O5S/c1-7-38-31(36)26-24(22-14-12-21(13-15-22)18(4)5)25(30(35)37-6)27(32)33-28(34)23(39-29(26)33)16-19-8-10-20(11-9-19)17(2)3/h8-18,24H,7,32H2,1-6H3/b23-16+. The number of ether oxygens (including phenoxy) is 2. The Labute approximate surface area is 231 Å². The highest BCUT2D eigenvalue weighted by molar-refractivity contribution is 7.07. The van der Waals surface area contributed by atoms with E-state index in [1.807, 2.05) is 48.5 Å². The van der Waals surface area contributed by atoms with E-state index in [0.717, 1.165) is 22.5 Å². The third-order valence-corrected chi connectivity index (χ3v) is 7.99. The first-order valence-electron chi connectivity index (χ1n) is 13.0. The summed E-state index contributed by atoms with van der Waals surface area (Å²) in [6.07, 6.45) is 1.77. The minimum atomic E-state index is -0.867. The molecular weight excluding hydrogens is 512 g/mol. The Balaban J connectivity index is 2.04. The van der Waals surface area contributed by atoms with Gasteiger partial charge in [0.15, 0.2) is 0 Å². The summed E-state index contributed by atoms with van der Waals surface area (Å²) in [5, 5.41) is 0. The fourth-order valence-electron chi connectivity index (χ4n) is 4.70. The van der Waals surface area contributed by atoms with E-state index in [4.69, 9.17) is 15.2 Å². The lowest BCUT2D eigenvalue weighted by Gasteiger charge is -2.27. The normalized spacial score (nSPS) is 15.6. The van der Waals surface area contributed by atoms with Crippen molar-refractivity contribution in [2.75, 3.05) is 13.7 Å². The van der Waals surface area contributed by atoms with Gasteiger partial charge in [0.2, 0.25) is 0 Å². The minimum absolute atomic E-state index is 0.0260. The van der Waals surface area contributed by atoms with Gasteiger partial charge >= 0.3 is 11.9 Å². The van der Waals surface area contributed by atoms with Crippen LogP contribution in [0.2, 0.25) is 0 Å². The van der Waals surface area contributed by atoms with Crippen LogP contribution in [0.15, 0.2) is 58.9 Å². The summed E-state index contributed by atoms with van der Waals surface area (Å²) >= 11 is 1.15. The molecule has 4 rings (SSSR count). The van der Waals surface area contributed by atoms with E-state index in [1.54, 1.807) is 13.0 Å². The second kappa shape index (κ2) is 11.5. The average Bonchev–Trinajstić information content (AvgIpc) is 3.24. The van der Waals surface area contributed by atoms with E-state index < -0.39 is 23.4 Å². The van der Waals surface area contributed by atoms with Gasteiger partial charge in [-0.15, -0.1) is 11.3 Å². The molecule has 7 nitrogen and oxygen atoms in total. The van der Waals surface area contributed by atoms with Crippen LogP contribution < -0.4 is 20.5 Å². The Hall–Kier alpha value is -3.91. The molecule has 3 aromatic rings. The summed E-state index contributed by atoms with van der Waals surface area (Å²) in [5.74, 6) is -1.57. The van der Waals surface area contributed by atoms with Gasteiger partial charge < -0.3 is 15.2 Å². The second-order valence-corrected chi connectivity index (χ2v) is 11.1. The molecule has 0 fully saturated rings. The van der Waals surface area contributed by atoms with Crippen molar-refractivity contribution in [2.24, 2.45) is 5.73 Å². The first-order chi connectivity index (χ1) is 18.6. The SMILES string of the molecule is CCOC(=O)C1=c2s/c(=C/c3ccc(C(C)C)cc3)c(=O)n2C(N)=C(C(=O)OC)C1c1ccc(C(C)C)cc1. The fraction of sp³-hybridized carbons (Fsp3) is 0.323. The number of methoxy groups -OCH3 is 1. The fourth-order valence-corrected chi connectivity index (χ4v) is 5.86. The molecule has 1 aliphatic heterocycles. The lowest BCUT2D eigenvalue weighted by molar-refractivity contribution is -0.136. The minimum Gasteiger partial charge on any atom is -0.466 e. The van der Waals surface area contributed by atoms with E-state index in [2.05, 4.69) is 27.7 Å². The van der Waals surface area contributed by atoms with E-state index in [-0.39, 0.29) is 23.6 Å². The quantitative estimate of drug-likeness (QED) is 0.453. The zero-order valence-corrected chi connectivity index (χ0v) is 23.9. The molecule has 2 N–H and O–H groups in total. The summed E-state index contributed by atoms with van der Waals surface area (Å²) in [4.78, 5) is 40.3. The number of esters is 2. The van der Waals surface area contributed by atoms with Crippen LogP contribution in [0.5, 0.6) is 0 Å². The second-order valence-electron chi connectivity index (χ2n) is 10.1. The van der Waals surface area contributed by atoms with Crippen molar-refractivity contribution >= 4 is 40.7 Å². The van der Waals surface area contributed by atoms with Gasteiger partial charge in [0.1, 0.15) is 10.5 Å². The number of carbonyl (C=O) groups excluding carboxylic acids is 2. The molecule has 0 radical (unpaired) electrons. The third kappa shape index (κ3) is 5.34. The Kier molecular flexibility index (Phi) is 8.25. The van der Waals surface area contributed by atoms with Crippen molar-refractivity contribution in [2.45, 2.75) is 52.4 Å². The molecule has 2 heterocycles. The molecule has 0 saturated carbocycles. The molecular formula is C31H34N2O5S. The van der Waals surface area contributed by atoms with Crippen LogP contribution in [0.1, 0.15) is 74.6 Å². The van der Waals surface area contributed by atoms with Crippen LogP contribution in [0, 0.1) is 0 Å². The van der Waals surface area contributed by atoms with Crippen LogP contribution >= 0.6 is 11.3 Å². The number of fused-ring (bicyclic) bond motifs is 1. The first kappa shape index (κ1) is 28.1. The Bertz CT molecular complexity index is 1610. The predicted octanol–water partition coefficient (Wildman–Crippen LogP) is 3.80. The maximum Gasteiger partial charge on any atom is 0.338 e. The van der Waals surface area contributed by atoms with E-state index >= 15 is 0 Å². The maximum atomic E-state index is 13.7. The van der Waals surface area contributed by atoms with Crippen LogP contribution in [-0.4, -0.2) is 30.2 Å². The Morgan fingerprint density at radius 3 is 2.03 bits per heavy atom. The molecule has 1 atom stereocenters. The summed E-state index contributed by atoms with van der Waals surface area (Å²) in [6.45, 7) is 10.2. The lowest BCUT2D eigenvalue weighted by atomic mass is 9.82. The molecule has 0 saturated heterocycles. The van der Waals surface area contributed by atoms with Crippen molar-refractivity contribution in [3.63, 3.8) is 0 Å².